The third-order valence-corrected chi connectivity index (χ3v) is 3.74. The van der Waals surface area contributed by atoms with Gasteiger partial charge >= 0.3 is 0 Å². The first-order chi connectivity index (χ1) is 8.90. The van der Waals surface area contributed by atoms with Gasteiger partial charge in [-0.15, -0.1) is 0 Å². The number of carbonyl (C=O) groups is 2. The summed E-state index contributed by atoms with van der Waals surface area (Å²) in [5.41, 5.74) is -0.519. The largest absolute Gasteiger partial charge is 0.375 e. The van der Waals surface area contributed by atoms with Gasteiger partial charge in [0.2, 0.25) is 0 Å². The Hall–Kier alpha value is -1.20. The Morgan fingerprint density at radius 3 is 2.74 bits per heavy atom. The van der Waals surface area contributed by atoms with Crippen molar-refractivity contribution >= 4 is 33.3 Å². The van der Waals surface area contributed by atoms with Crippen molar-refractivity contribution in [2.75, 3.05) is 11.4 Å². The molecule has 1 aliphatic rings. The minimum absolute atomic E-state index is 0.185. The fourth-order valence-corrected chi connectivity index (χ4v) is 2.86. The normalized spacial score (nSPS) is 21.7. The number of hydrogen-bond acceptors (Lipinski definition) is 3. The molecule has 0 unspecified atom stereocenters. The molecule has 102 valence electrons. The summed E-state index contributed by atoms with van der Waals surface area (Å²) >= 11 is 3.34. The topological polar surface area (TPSA) is 57.6 Å². The van der Waals surface area contributed by atoms with Crippen molar-refractivity contribution in [2.45, 2.75) is 32.3 Å². The molecular formula is C14H16BrNO3. The average molecular weight is 326 g/mol. The third-order valence-electron chi connectivity index (χ3n) is 3.25. The second kappa shape index (κ2) is 5.06. The molecule has 1 atom stereocenters. The molecule has 1 N–H and O–H groups in total. The summed E-state index contributed by atoms with van der Waals surface area (Å²) < 4.78 is 0.777. The van der Waals surface area contributed by atoms with Crippen LogP contribution in [0.25, 0.3) is 0 Å². The van der Waals surface area contributed by atoms with E-state index in [9.17, 15) is 14.7 Å². The standard InChI is InChI=1S/C14H16BrNO3/c1-3-6-16-12-5-4-10(15)7-11(12)14(19,13(16)18)8-9(2)17/h4-5,7,19H,3,6,8H2,1-2H3/t14-/m0/s1. The van der Waals surface area contributed by atoms with E-state index in [0.717, 1.165) is 10.9 Å². The maximum Gasteiger partial charge on any atom is 0.264 e. The molecule has 5 heteroatoms. The van der Waals surface area contributed by atoms with Gasteiger partial charge in [-0.1, -0.05) is 22.9 Å². The Balaban J connectivity index is 2.56. The number of Topliss-reactive ketones (excluding diaryl/α,β-unsaturated/α-hetero) is 1. The molecule has 19 heavy (non-hydrogen) atoms. The summed E-state index contributed by atoms with van der Waals surface area (Å²) in [6.07, 6.45) is 0.604. The zero-order valence-electron chi connectivity index (χ0n) is 10.9. The fourth-order valence-electron chi connectivity index (χ4n) is 2.50. The van der Waals surface area contributed by atoms with Gasteiger partial charge in [0.1, 0.15) is 5.78 Å². The van der Waals surface area contributed by atoms with Crippen molar-refractivity contribution in [3.8, 4) is 0 Å². The van der Waals surface area contributed by atoms with E-state index in [1.807, 2.05) is 13.0 Å². The van der Waals surface area contributed by atoms with Crippen molar-refractivity contribution in [3.63, 3.8) is 0 Å². The number of aliphatic hydroxyl groups is 1. The second-order valence-corrected chi connectivity index (χ2v) is 5.77. The van der Waals surface area contributed by atoms with E-state index in [1.54, 1.807) is 17.0 Å². The number of anilines is 1. The van der Waals surface area contributed by atoms with E-state index >= 15 is 0 Å². The molecule has 0 saturated heterocycles. The second-order valence-electron chi connectivity index (χ2n) is 4.86. The molecule has 2 rings (SSSR count). The van der Waals surface area contributed by atoms with Crippen LogP contribution in [0.2, 0.25) is 0 Å². The van der Waals surface area contributed by atoms with Crippen LogP contribution in [0.1, 0.15) is 32.3 Å². The highest BCUT2D eigenvalue weighted by atomic mass is 79.9. The van der Waals surface area contributed by atoms with Crippen molar-refractivity contribution < 1.29 is 14.7 Å². The lowest BCUT2D eigenvalue weighted by atomic mass is 9.90. The average Bonchev–Trinajstić information content (AvgIpc) is 2.51. The summed E-state index contributed by atoms with van der Waals surface area (Å²) in [7, 11) is 0. The van der Waals surface area contributed by atoms with Crippen LogP contribution < -0.4 is 4.90 Å². The van der Waals surface area contributed by atoms with Gasteiger partial charge in [0.05, 0.1) is 5.69 Å². The zero-order valence-corrected chi connectivity index (χ0v) is 12.5. The van der Waals surface area contributed by atoms with Crippen LogP contribution >= 0.6 is 15.9 Å². The molecule has 0 fully saturated rings. The van der Waals surface area contributed by atoms with E-state index in [0.29, 0.717) is 17.8 Å². The van der Waals surface area contributed by atoms with Crippen molar-refractivity contribution in [3.05, 3.63) is 28.2 Å². The Kier molecular flexibility index (Phi) is 3.78. The van der Waals surface area contributed by atoms with Crippen molar-refractivity contribution in [2.24, 2.45) is 0 Å². The van der Waals surface area contributed by atoms with E-state index in [-0.39, 0.29) is 12.2 Å². The summed E-state index contributed by atoms with van der Waals surface area (Å²) in [4.78, 5) is 25.4. The minimum atomic E-state index is -1.72. The van der Waals surface area contributed by atoms with Crippen LogP contribution in [0.4, 0.5) is 5.69 Å². The maximum absolute atomic E-state index is 12.4. The summed E-state index contributed by atoms with van der Waals surface area (Å²) in [6.45, 7) is 3.88. The minimum Gasteiger partial charge on any atom is -0.375 e. The van der Waals surface area contributed by atoms with E-state index in [4.69, 9.17) is 0 Å². The van der Waals surface area contributed by atoms with Crippen LogP contribution in [0.3, 0.4) is 0 Å². The Morgan fingerprint density at radius 2 is 2.16 bits per heavy atom. The van der Waals surface area contributed by atoms with Crippen LogP contribution in [-0.4, -0.2) is 23.3 Å². The van der Waals surface area contributed by atoms with E-state index in [1.165, 1.54) is 6.92 Å². The van der Waals surface area contributed by atoms with Crippen molar-refractivity contribution in [1.82, 2.24) is 0 Å². The molecule has 1 aromatic carbocycles. The maximum atomic E-state index is 12.4. The zero-order chi connectivity index (χ0) is 14.2. The number of rotatable bonds is 4. The number of nitrogens with zero attached hydrogens (tertiary/aromatic N) is 1. The molecule has 0 radical (unpaired) electrons. The van der Waals surface area contributed by atoms with Gasteiger partial charge in [-0.3, -0.25) is 9.59 Å². The molecule has 1 aromatic rings. The first-order valence-electron chi connectivity index (χ1n) is 6.24. The SMILES string of the molecule is CCCN1C(=O)[C@](O)(CC(C)=O)c2cc(Br)ccc21. The lowest BCUT2D eigenvalue weighted by Gasteiger charge is -2.21. The number of fused-ring (bicyclic) bond motifs is 1. The van der Waals surface area contributed by atoms with Gasteiger partial charge in [-0.25, -0.2) is 0 Å². The predicted octanol–water partition coefficient (Wildman–Crippen LogP) is 2.37. The quantitative estimate of drug-likeness (QED) is 0.924. The van der Waals surface area contributed by atoms with Gasteiger partial charge < -0.3 is 10.0 Å². The molecule has 0 saturated carbocycles. The van der Waals surface area contributed by atoms with Crippen LogP contribution in [0, 0.1) is 0 Å². The molecule has 1 amide bonds. The highest BCUT2D eigenvalue weighted by molar-refractivity contribution is 9.10. The summed E-state index contributed by atoms with van der Waals surface area (Å²) in [5, 5.41) is 10.7. The van der Waals surface area contributed by atoms with Gasteiger partial charge in [-0.05, 0) is 31.5 Å². The van der Waals surface area contributed by atoms with Crippen LogP contribution in [0.15, 0.2) is 22.7 Å². The molecule has 1 aliphatic heterocycles. The number of hydrogen-bond donors (Lipinski definition) is 1. The highest BCUT2D eigenvalue weighted by Crippen LogP contribution is 2.43. The number of benzene rings is 1. The smallest absolute Gasteiger partial charge is 0.264 e. The van der Waals surface area contributed by atoms with Crippen LogP contribution in [-0.2, 0) is 15.2 Å². The Morgan fingerprint density at radius 1 is 1.47 bits per heavy atom. The van der Waals surface area contributed by atoms with Gasteiger partial charge in [-0.2, -0.15) is 0 Å². The number of halogens is 1. The third kappa shape index (κ3) is 2.32. The Labute approximate surface area is 120 Å². The monoisotopic (exact) mass is 325 g/mol. The molecule has 0 aliphatic carbocycles. The number of carbonyl (C=O) groups excluding carboxylic acids is 2. The Bertz CT molecular complexity index is 543. The molecule has 0 spiro atoms. The van der Waals surface area contributed by atoms with Gasteiger partial charge in [0, 0.05) is 23.0 Å². The van der Waals surface area contributed by atoms with Crippen molar-refractivity contribution in [1.29, 1.82) is 0 Å². The first-order valence-corrected chi connectivity index (χ1v) is 7.03. The summed E-state index contributed by atoms with van der Waals surface area (Å²) in [5.74, 6) is -0.613. The molecule has 1 heterocycles. The van der Waals surface area contributed by atoms with Gasteiger partial charge in [0.25, 0.3) is 5.91 Å². The number of ketones is 1. The lowest BCUT2D eigenvalue weighted by Crippen LogP contribution is -2.41. The summed E-state index contributed by atoms with van der Waals surface area (Å²) in [6, 6.07) is 5.34. The molecule has 4 nitrogen and oxygen atoms in total. The highest BCUT2D eigenvalue weighted by Gasteiger charge is 2.50. The van der Waals surface area contributed by atoms with E-state index < -0.39 is 11.5 Å². The first kappa shape index (κ1) is 14.2. The predicted molar refractivity (Wildman–Crippen MR) is 76.0 cm³/mol. The lowest BCUT2D eigenvalue weighted by molar-refractivity contribution is -0.141. The number of amides is 1. The fraction of sp³-hybridized carbons (Fsp3) is 0.429. The van der Waals surface area contributed by atoms with Crippen LogP contribution in [0.5, 0.6) is 0 Å². The molecular weight excluding hydrogens is 310 g/mol. The molecule has 0 bridgehead atoms. The van der Waals surface area contributed by atoms with E-state index in [2.05, 4.69) is 15.9 Å². The van der Waals surface area contributed by atoms with Gasteiger partial charge in [0.15, 0.2) is 5.60 Å². The molecule has 0 aromatic heterocycles.